The third kappa shape index (κ3) is 7.99. The number of rotatable bonds is 8. The first-order chi connectivity index (χ1) is 19.4. The molecule has 0 saturated carbocycles. The van der Waals surface area contributed by atoms with Gasteiger partial charge >= 0.3 is 0 Å². The molecular formula is C31H28N4O4S. The fourth-order valence-corrected chi connectivity index (χ4v) is 3.90. The molecule has 0 aliphatic carbocycles. The largest absolute Gasteiger partial charge is 0.493 e. The number of aryl methyl sites for hydroxylation is 1. The molecule has 8 nitrogen and oxygen atoms in total. The standard InChI is InChI=1S/C31H28N4O4S/c1-21-7-5-6-10-27(21)30(38)32-25-15-11-24(12-16-25)29(37)34-35-31(40)33-28(36)23-13-17-26(18-14-23)39-20-19-22-8-3-2-4-9-22/h2-18H,19-20H2,1H3,(H,32,38)(H,34,37)(H2,33,35,36,40). The smallest absolute Gasteiger partial charge is 0.269 e. The minimum absolute atomic E-state index is 0.0661. The molecule has 202 valence electrons. The zero-order valence-corrected chi connectivity index (χ0v) is 22.6. The Bertz CT molecular complexity index is 1490. The summed E-state index contributed by atoms with van der Waals surface area (Å²) in [7, 11) is 0. The quantitative estimate of drug-likeness (QED) is 0.184. The van der Waals surface area contributed by atoms with E-state index in [1.165, 1.54) is 5.56 Å². The highest BCUT2D eigenvalue weighted by atomic mass is 32.1. The van der Waals surface area contributed by atoms with Gasteiger partial charge in [-0.3, -0.25) is 30.6 Å². The van der Waals surface area contributed by atoms with Crippen molar-refractivity contribution < 1.29 is 19.1 Å². The number of nitrogens with one attached hydrogen (secondary N) is 4. The van der Waals surface area contributed by atoms with E-state index < -0.39 is 11.8 Å². The number of carbonyl (C=O) groups is 3. The fourth-order valence-electron chi connectivity index (χ4n) is 3.76. The van der Waals surface area contributed by atoms with Gasteiger partial charge in [-0.25, -0.2) is 0 Å². The molecule has 0 radical (unpaired) electrons. The predicted molar refractivity (Wildman–Crippen MR) is 158 cm³/mol. The van der Waals surface area contributed by atoms with Crippen LogP contribution in [0.4, 0.5) is 5.69 Å². The maximum Gasteiger partial charge on any atom is 0.269 e. The Balaban J connectivity index is 1.20. The van der Waals surface area contributed by atoms with Crippen molar-refractivity contribution in [1.29, 1.82) is 0 Å². The number of thiocarbonyl (C=S) groups is 1. The highest BCUT2D eigenvalue weighted by Gasteiger charge is 2.12. The molecule has 4 aromatic rings. The molecule has 0 spiro atoms. The van der Waals surface area contributed by atoms with E-state index in [0.29, 0.717) is 34.7 Å². The van der Waals surface area contributed by atoms with E-state index >= 15 is 0 Å². The molecule has 4 N–H and O–H groups in total. The number of hydrogen-bond donors (Lipinski definition) is 4. The molecule has 4 aromatic carbocycles. The van der Waals surface area contributed by atoms with E-state index in [0.717, 1.165) is 12.0 Å². The second kappa shape index (κ2) is 13.7. The second-order valence-corrected chi connectivity index (χ2v) is 9.23. The van der Waals surface area contributed by atoms with Crippen LogP contribution in [0, 0.1) is 6.92 Å². The van der Waals surface area contributed by atoms with Crippen LogP contribution >= 0.6 is 12.2 Å². The predicted octanol–water partition coefficient (Wildman–Crippen LogP) is 4.82. The van der Waals surface area contributed by atoms with Crippen molar-refractivity contribution in [3.63, 3.8) is 0 Å². The van der Waals surface area contributed by atoms with Gasteiger partial charge in [-0.1, -0.05) is 48.5 Å². The minimum Gasteiger partial charge on any atom is -0.493 e. The maximum absolute atomic E-state index is 12.5. The average Bonchev–Trinajstić information content (AvgIpc) is 2.97. The lowest BCUT2D eigenvalue weighted by molar-refractivity contribution is 0.0934. The summed E-state index contributed by atoms with van der Waals surface area (Å²) in [4.78, 5) is 37.4. The number of amides is 3. The number of anilines is 1. The Morgan fingerprint density at radius 1 is 0.700 bits per heavy atom. The van der Waals surface area contributed by atoms with Gasteiger partial charge in [0.25, 0.3) is 17.7 Å². The molecule has 9 heteroatoms. The summed E-state index contributed by atoms with van der Waals surface area (Å²) in [6.45, 7) is 2.38. The molecule has 0 bridgehead atoms. The summed E-state index contributed by atoms with van der Waals surface area (Å²) < 4.78 is 5.75. The molecule has 0 aromatic heterocycles. The van der Waals surface area contributed by atoms with Gasteiger partial charge in [0.15, 0.2) is 5.11 Å². The van der Waals surface area contributed by atoms with Crippen LogP contribution in [-0.2, 0) is 6.42 Å². The van der Waals surface area contributed by atoms with Gasteiger partial charge < -0.3 is 10.1 Å². The van der Waals surface area contributed by atoms with Crippen molar-refractivity contribution in [3.8, 4) is 5.75 Å². The number of ether oxygens (including phenoxy) is 1. The Hall–Kier alpha value is -5.02. The van der Waals surface area contributed by atoms with Gasteiger partial charge in [0, 0.05) is 28.8 Å². The Morgan fingerprint density at radius 2 is 1.32 bits per heavy atom. The van der Waals surface area contributed by atoms with Crippen LogP contribution in [0.3, 0.4) is 0 Å². The van der Waals surface area contributed by atoms with Gasteiger partial charge in [0.05, 0.1) is 6.61 Å². The first kappa shape index (κ1) is 28.0. The molecule has 0 aliphatic heterocycles. The SMILES string of the molecule is Cc1ccccc1C(=O)Nc1ccc(C(=O)NNC(=S)NC(=O)c2ccc(OCCc3ccccc3)cc2)cc1. The van der Waals surface area contributed by atoms with E-state index in [-0.39, 0.29) is 11.0 Å². The van der Waals surface area contributed by atoms with Crippen LogP contribution in [0.5, 0.6) is 5.75 Å². The maximum atomic E-state index is 12.5. The van der Waals surface area contributed by atoms with Crippen LogP contribution in [0.2, 0.25) is 0 Å². The zero-order chi connectivity index (χ0) is 28.3. The first-order valence-corrected chi connectivity index (χ1v) is 13.0. The van der Waals surface area contributed by atoms with Crippen LogP contribution in [0.1, 0.15) is 42.2 Å². The normalized spacial score (nSPS) is 10.2. The zero-order valence-electron chi connectivity index (χ0n) is 21.8. The second-order valence-electron chi connectivity index (χ2n) is 8.82. The van der Waals surface area contributed by atoms with Gasteiger partial charge in [0.1, 0.15) is 5.75 Å². The molecule has 4 rings (SSSR count). The Kier molecular flexibility index (Phi) is 9.58. The van der Waals surface area contributed by atoms with E-state index in [4.69, 9.17) is 17.0 Å². The van der Waals surface area contributed by atoms with Crippen LogP contribution in [0.15, 0.2) is 103 Å². The number of hydrogen-bond acceptors (Lipinski definition) is 5. The molecule has 3 amide bonds. The molecule has 0 unspecified atom stereocenters. The van der Waals surface area contributed by atoms with E-state index in [1.807, 2.05) is 49.4 Å². The van der Waals surface area contributed by atoms with Gasteiger partial charge in [-0.05, 0) is 84.9 Å². The molecule has 0 saturated heterocycles. The Morgan fingerprint density at radius 3 is 2.02 bits per heavy atom. The Labute approximate surface area is 237 Å². The van der Waals surface area contributed by atoms with E-state index in [9.17, 15) is 14.4 Å². The van der Waals surface area contributed by atoms with Crippen molar-refractivity contribution >= 4 is 40.7 Å². The fraction of sp³-hybridized carbons (Fsp3) is 0.0968. The number of hydrazine groups is 1. The summed E-state index contributed by atoms with van der Waals surface area (Å²) in [5.41, 5.74) is 8.85. The summed E-state index contributed by atoms with van der Waals surface area (Å²) in [5, 5.41) is 5.26. The molecule has 0 heterocycles. The molecule has 0 fully saturated rings. The topological polar surface area (TPSA) is 109 Å². The summed E-state index contributed by atoms with van der Waals surface area (Å²) in [5.74, 6) is -0.480. The third-order valence-corrected chi connectivity index (χ3v) is 6.13. The van der Waals surface area contributed by atoms with Crippen LogP contribution < -0.4 is 26.2 Å². The highest BCUT2D eigenvalue weighted by molar-refractivity contribution is 7.80. The van der Waals surface area contributed by atoms with Crippen molar-refractivity contribution in [3.05, 3.63) is 131 Å². The summed E-state index contributed by atoms with van der Waals surface area (Å²) in [6, 6.07) is 30.4. The number of carbonyl (C=O) groups excluding carboxylic acids is 3. The van der Waals surface area contributed by atoms with Crippen molar-refractivity contribution in [2.45, 2.75) is 13.3 Å². The van der Waals surface area contributed by atoms with Gasteiger partial charge in [-0.15, -0.1) is 0 Å². The number of benzene rings is 4. The monoisotopic (exact) mass is 552 g/mol. The highest BCUT2D eigenvalue weighted by Crippen LogP contribution is 2.14. The average molecular weight is 553 g/mol. The molecule has 0 atom stereocenters. The third-order valence-electron chi connectivity index (χ3n) is 5.93. The lowest BCUT2D eigenvalue weighted by Gasteiger charge is -2.12. The summed E-state index contributed by atoms with van der Waals surface area (Å²) in [6.07, 6.45) is 0.781. The van der Waals surface area contributed by atoms with Crippen molar-refractivity contribution in [2.75, 3.05) is 11.9 Å². The molecular weight excluding hydrogens is 524 g/mol. The van der Waals surface area contributed by atoms with Crippen molar-refractivity contribution in [2.24, 2.45) is 0 Å². The molecule has 0 aliphatic rings. The van der Waals surface area contributed by atoms with Crippen molar-refractivity contribution in [1.82, 2.24) is 16.2 Å². The van der Waals surface area contributed by atoms with Gasteiger partial charge in [0.2, 0.25) is 0 Å². The van der Waals surface area contributed by atoms with Gasteiger partial charge in [-0.2, -0.15) is 0 Å². The summed E-state index contributed by atoms with van der Waals surface area (Å²) >= 11 is 5.12. The first-order valence-electron chi connectivity index (χ1n) is 12.5. The lowest BCUT2D eigenvalue weighted by atomic mass is 10.1. The van der Waals surface area contributed by atoms with E-state index in [1.54, 1.807) is 60.7 Å². The minimum atomic E-state index is -0.467. The lowest BCUT2D eigenvalue weighted by Crippen LogP contribution is -2.48. The van der Waals surface area contributed by atoms with Crippen LogP contribution in [-0.4, -0.2) is 29.4 Å². The van der Waals surface area contributed by atoms with Crippen LogP contribution in [0.25, 0.3) is 0 Å². The molecule has 40 heavy (non-hydrogen) atoms. The van der Waals surface area contributed by atoms with E-state index in [2.05, 4.69) is 21.5 Å².